The van der Waals surface area contributed by atoms with Gasteiger partial charge in [0.05, 0.1) is 6.10 Å². The van der Waals surface area contributed by atoms with E-state index in [1.807, 2.05) is 7.05 Å². The summed E-state index contributed by atoms with van der Waals surface area (Å²) in [7, 11) is 1.95. The largest absolute Gasteiger partial charge is 0.378 e. The highest BCUT2D eigenvalue weighted by molar-refractivity contribution is 7.11. The standard InChI is InChI=1S/C10H17N3OS/c1-11-5-4-9-12-13-10(15-9)7-8-3-2-6-14-8/h8,11H,2-7H2,1H3. The van der Waals surface area contributed by atoms with E-state index >= 15 is 0 Å². The van der Waals surface area contributed by atoms with Gasteiger partial charge in [0.15, 0.2) is 0 Å². The highest BCUT2D eigenvalue weighted by Gasteiger charge is 2.17. The molecule has 5 heteroatoms. The molecule has 1 N–H and O–H groups in total. The second-order valence-electron chi connectivity index (χ2n) is 3.78. The van der Waals surface area contributed by atoms with Crippen LogP contribution >= 0.6 is 11.3 Å². The Bertz CT molecular complexity index is 297. The zero-order valence-corrected chi connectivity index (χ0v) is 9.85. The maximum atomic E-state index is 5.57. The topological polar surface area (TPSA) is 47.0 Å². The summed E-state index contributed by atoms with van der Waals surface area (Å²) in [5.41, 5.74) is 0. The number of rotatable bonds is 5. The Labute approximate surface area is 94.1 Å². The van der Waals surface area contributed by atoms with E-state index in [4.69, 9.17) is 4.74 Å². The molecule has 0 amide bonds. The summed E-state index contributed by atoms with van der Waals surface area (Å²) in [6.07, 6.45) is 4.66. The molecule has 2 rings (SSSR count). The van der Waals surface area contributed by atoms with Gasteiger partial charge in [0.1, 0.15) is 10.0 Å². The molecule has 1 aliphatic heterocycles. The molecule has 15 heavy (non-hydrogen) atoms. The quantitative estimate of drug-likeness (QED) is 0.816. The van der Waals surface area contributed by atoms with Crippen molar-refractivity contribution in [3.8, 4) is 0 Å². The lowest BCUT2D eigenvalue weighted by Crippen LogP contribution is -2.09. The fraction of sp³-hybridized carbons (Fsp3) is 0.800. The van der Waals surface area contributed by atoms with Gasteiger partial charge >= 0.3 is 0 Å². The van der Waals surface area contributed by atoms with Gasteiger partial charge < -0.3 is 10.1 Å². The fourth-order valence-corrected chi connectivity index (χ4v) is 2.61. The van der Waals surface area contributed by atoms with Crippen molar-refractivity contribution in [2.24, 2.45) is 0 Å². The Morgan fingerprint density at radius 3 is 3.07 bits per heavy atom. The van der Waals surface area contributed by atoms with E-state index in [2.05, 4.69) is 15.5 Å². The van der Waals surface area contributed by atoms with Crippen molar-refractivity contribution in [1.29, 1.82) is 0 Å². The summed E-state index contributed by atoms with van der Waals surface area (Å²) in [5.74, 6) is 0. The van der Waals surface area contributed by atoms with Crippen molar-refractivity contribution in [2.45, 2.75) is 31.8 Å². The molecule has 0 spiro atoms. The first-order chi connectivity index (χ1) is 7.38. The number of nitrogens with zero attached hydrogens (tertiary/aromatic N) is 2. The lowest BCUT2D eigenvalue weighted by molar-refractivity contribution is 0.111. The predicted molar refractivity (Wildman–Crippen MR) is 60.2 cm³/mol. The Morgan fingerprint density at radius 1 is 1.47 bits per heavy atom. The third-order valence-electron chi connectivity index (χ3n) is 2.52. The average molecular weight is 227 g/mol. The molecule has 1 aliphatic rings. The van der Waals surface area contributed by atoms with Gasteiger partial charge in [0.2, 0.25) is 0 Å². The van der Waals surface area contributed by atoms with Gasteiger partial charge in [-0.15, -0.1) is 21.5 Å². The van der Waals surface area contributed by atoms with Crippen LogP contribution in [0.1, 0.15) is 22.9 Å². The predicted octanol–water partition coefficient (Wildman–Crippen LogP) is 1.02. The Balaban J connectivity index is 1.83. The molecule has 0 radical (unpaired) electrons. The molecule has 1 aromatic heterocycles. The molecule has 84 valence electrons. The fourth-order valence-electron chi connectivity index (χ4n) is 1.70. The van der Waals surface area contributed by atoms with E-state index in [1.54, 1.807) is 11.3 Å². The van der Waals surface area contributed by atoms with Crippen molar-refractivity contribution in [1.82, 2.24) is 15.5 Å². The van der Waals surface area contributed by atoms with E-state index < -0.39 is 0 Å². The van der Waals surface area contributed by atoms with Crippen LogP contribution in [0.5, 0.6) is 0 Å². The van der Waals surface area contributed by atoms with E-state index in [0.29, 0.717) is 6.10 Å². The minimum atomic E-state index is 0.384. The summed E-state index contributed by atoms with van der Waals surface area (Å²) < 4.78 is 5.57. The number of nitrogens with one attached hydrogen (secondary N) is 1. The maximum Gasteiger partial charge on any atom is 0.120 e. The van der Waals surface area contributed by atoms with Crippen LogP contribution in [-0.4, -0.2) is 36.5 Å². The van der Waals surface area contributed by atoms with Gasteiger partial charge in [-0.3, -0.25) is 0 Å². The summed E-state index contributed by atoms with van der Waals surface area (Å²) in [6.45, 7) is 1.88. The molecular weight excluding hydrogens is 210 g/mol. The van der Waals surface area contributed by atoms with Gasteiger partial charge in [-0.2, -0.15) is 0 Å². The first kappa shape index (κ1) is 11.0. The zero-order chi connectivity index (χ0) is 10.5. The minimum Gasteiger partial charge on any atom is -0.378 e. The van der Waals surface area contributed by atoms with Crippen molar-refractivity contribution >= 4 is 11.3 Å². The Kier molecular flexibility index (Phi) is 4.05. The lowest BCUT2D eigenvalue weighted by Gasteiger charge is -2.04. The van der Waals surface area contributed by atoms with Crippen LogP contribution < -0.4 is 5.32 Å². The maximum absolute atomic E-state index is 5.57. The number of likely N-dealkylation sites (N-methyl/N-ethyl adjacent to an activating group) is 1. The van der Waals surface area contributed by atoms with E-state index in [1.165, 1.54) is 12.8 Å². The Hall–Kier alpha value is -0.520. The van der Waals surface area contributed by atoms with E-state index in [0.717, 1.165) is 36.0 Å². The molecule has 0 aliphatic carbocycles. The zero-order valence-electron chi connectivity index (χ0n) is 9.03. The first-order valence-corrected chi connectivity index (χ1v) is 6.27. The number of ether oxygens (including phenoxy) is 1. The van der Waals surface area contributed by atoms with Crippen molar-refractivity contribution < 1.29 is 4.74 Å². The molecule has 4 nitrogen and oxygen atoms in total. The average Bonchev–Trinajstić information content (AvgIpc) is 2.87. The highest BCUT2D eigenvalue weighted by atomic mass is 32.1. The highest BCUT2D eigenvalue weighted by Crippen LogP contribution is 2.19. The van der Waals surface area contributed by atoms with Crippen LogP contribution in [0.3, 0.4) is 0 Å². The smallest absolute Gasteiger partial charge is 0.120 e. The molecule has 0 saturated carbocycles. The molecule has 1 fully saturated rings. The second kappa shape index (κ2) is 5.53. The van der Waals surface area contributed by atoms with Gasteiger partial charge in [0, 0.05) is 26.0 Å². The van der Waals surface area contributed by atoms with Gasteiger partial charge in [-0.25, -0.2) is 0 Å². The molecule has 1 unspecified atom stereocenters. The van der Waals surface area contributed by atoms with Crippen LogP contribution in [0.2, 0.25) is 0 Å². The number of hydrogen-bond acceptors (Lipinski definition) is 5. The van der Waals surface area contributed by atoms with Gasteiger partial charge in [0.25, 0.3) is 0 Å². The van der Waals surface area contributed by atoms with E-state index in [9.17, 15) is 0 Å². The summed E-state index contributed by atoms with van der Waals surface area (Å²) in [4.78, 5) is 0. The lowest BCUT2D eigenvalue weighted by atomic mass is 10.2. The minimum absolute atomic E-state index is 0.384. The van der Waals surface area contributed by atoms with Crippen molar-refractivity contribution in [3.63, 3.8) is 0 Å². The van der Waals surface area contributed by atoms with Crippen LogP contribution in [0.25, 0.3) is 0 Å². The normalized spacial score (nSPS) is 21.0. The van der Waals surface area contributed by atoms with Gasteiger partial charge in [-0.1, -0.05) is 0 Å². The molecule has 0 bridgehead atoms. The SMILES string of the molecule is CNCCc1nnc(CC2CCCO2)s1. The third-order valence-corrected chi connectivity index (χ3v) is 3.53. The van der Waals surface area contributed by atoms with Crippen LogP contribution in [0.4, 0.5) is 0 Å². The second-order valence-corrected chi connectivity index (χ2v) is 4.93. The molecule has 1 atom stereocenters. The van der Waals surface area contributed by atoms with Crippen molar-refractivity contribution in [2.75, 3.05) is 20.2 Å². The first-order valence-electron chi connectivity index (χ1n) is 5.46. The Morgan fingerprint density at radius 2 is 2.33 bits per heavy atom. The molecule has 1 aromatic rings. The van der Waals surface area contributed by atoms with Crippen LogP contribution in [0, 0.1) is 0 Å². The van der Waals surface area contributed by atoms with Crippen LogP contribution in [-0.2, 0) is 17.6 Å². The van der Waals surface area contributed by atoms with Gasteiger partial charge in [-0.05, 0) is 19.9 Å². The molecule has 2 heterocycles. The van der Waals surface area contributed by atoms with Crippen molar-refractivity contribution in [3.05, 3.63) is 10.0 Å². The van der Waals surface area contributed by atoms with Crippen LogP contribution in [0.15, 0.2) is 0 Å². The monoisotopic (exact) mass is 227 g/mol. The number of hydrogen-bond donors (Lipinski definition) is 1. The third kappa shape index (κ3) is 3.22. The molecular formula is C10H17N3OS. The van der Waals surface area contributed by atoms with E-state index in [-0.39, 0.29) is 0 Å². The summed E-state index contributed by atoms with van der Waals surface area (Å²) >= 11 is 1.72. The number of aromatic nitrogens is 2. The molecule has 0 aromatic carbocycles. The summed E-state index contributed by atoms with van der Waals surface area (Å²) in [6, 6.07) is 0. The summed E-state index contributed by atoms with van der Waals surface area (Å²) in [5, 5.41) is 13.7. The molecule has 1 saturated heterocycles.